The molecule has 0 aliphatic rings. The van der Waals surface area contributed by atoms with Crippen LogP contribution < -0.4 is 10.2 Å². The lowest BCUT2D eigenvalue weighted by Gasteiger charge is -2.10. The van der Waals surface area contributed by atoms with Crippen molar-refractivity contribution >= 4 is 54.5 Å². The number of anilines is 1. The van der Waals surface area contributed by atoms with Gasteiger partial charge < -0.3 is 4.74 Å². The van der Waals surface area contributed by atoms with Crippen LogP contribution in [-0.2, 0) is 6.61 Å². The van der Waals surface area contributed by atoms with E-state index >= 15 is 0 Å². The van der Waals surface area contributed by atoms with E-state index in [2.05, 4.69) is 47.4 Å². The summed E-state index contributed by atoms with van der Waals surface area (Å²) in [6.07, 6.45) is 1.73. The Morgan fingerprint density at radius 2 is 2.04 bits per heavy atom. The number of ether oxygens (including phenoxy) is 1. The zero-order chi connectivity index (χ0) is 17.6. The van der Waals surface area contributed by atoms with Gasteiger partial charge in [-0.3, -0.25) is 5.43 Å². The van der Waals surface area contributed by atoms with E-state index in [4.69, 9.17) is 4.74 Å². The molecule has 7 heteroatoms. The van der Waals surface area contributed by atoms with E-state index in [0.29, 0.717) is 6.61 Å². The average molecular weight is 481 g/mol. The van der Waals surface area contributed by atoms with E-state index < -0.39 is 0 Å². The number of aryl methyl sites for hydroxylation is 1. The van der Waals surface area contributed by atoms with Crippen molar-refractivity contribution in [3.05, 3.63) is 73.6 Å². The first kappa shape index (κ1) is 18.1. The van der Waals surface area contributed by atoms with E-state index in [-0.39, 0.29) is 0 Å². The van der Waals surface area contributed by atoms with Crippen molar-refractivity contribution in [2.24, 2.45) is 5.10 Å². The number of halogens is 2. The van der Waals surface area contributed by atoms with Gasteiger partial charge in [0.05, 0.1) is 11.9 Å². The maximum atomic E-state index is 5.97. The third-order valence-electron chi connectivity index (χ3n) is 3.24. The molecule has 0 aliphatic heterocycles. The van der Waals surface area contributed by atoms with Crippen molar-refractivity contribution in [2.45, 2.75) is 13.5 Å². The molecule has 0 radical (unpaired) electrons. The van der Waals surface area contributed by atoms with Gasteiger partial charge in [-0.15, -0.1) is 11.3 Å². The zero-order valence-electron chi connectivity index (χ0n) is 13.4. The minimum Gasteiger partial charge on any atom is -0.488 e. The second-order valence-corrected chi connectivity index (χ2v) is 7.95. The molecule has 0 fully saturated rings. The highest BCUT2D eigenvalue weighted by Gasteiger charge is 2.04. The van der Waals surface area contributed by atoms with Crippen LogP contribution in [-0.4, -0.2) is 11.2 Å². The zero-order valence-corrected chi connectivity index (χ0v) is 17.4. The van der Waals surface area contributed by atoms with Gasteiger partial charge in [-0.25, -0.2) is 4.98 Å². The van der Waals surface area contributed by atoms with Crippen LogP contribution in [0.5, 0.6) is 5.75 Å². The summed E-state index contributed by atoms with van der Waals surface area (Å²) in [5, 5.41) is 7.00. The summed E-state index contributed by atoms with van der Waals surface area (Å²) in [7, 11) is 0. The fourth-order valence-electron chi connectivity index (χ4n) is 2.10. The molecule has 0 spiro atoms. The number of nitrogens with one attached hydrogen (secondary N) is 1. The minimum absolute atomic E-state index is 0.487. The molecule has 1 heterocycles. The minimum atomic E-state index is 0.487. The van der Waals surface area contributed by atoms with Gasteiger partial charge in [0.2, 0.25) is 5.13 Å². The van der Waals surface area contributed by atoms with Crippen molar-refractivity contribution in [3.63, 3.8) is 0 Å². The molecule has 4 nitrogen and oxygen atoms in total. The Labute approximate surface area is 167 Å². The highest BCUT2D eigenvalue weighted by Crippen LogP contribution is 2.23. The topological polar surface area (TPSA) is 46.5 Å². The highest BCUT2D eigenvalue weighted by molar-refractivity contribution is 9.10. The summed E-state index contributed by atoms with van der Waals surface area (Å²) in [5.41, 5.74) is 5.89. The molecule has 0 atom stereocenters. The van der Waals surface area contributed by atoms with Crippen LogP contribution in [0, 0.1) is 6.92 Å². The van der Waals surface area contributed by atoms with Crippen LogP contribution in [0.4, 0.5) is 5.13 Å². The largest absolute Gasteiger partial charge is 0.488 e. The number of benzene rings is 2. The molecule has 3 aromatic rings. The SMILES string of the molecule is Cc1csc(NN=Cc2cc(Br)ccc2OCc2cccc(Br)c2)n1. The first-order valence-electron chi connectivity index (χ1n) is 7.48. The van der Waals surface area contributed by atoms with Crippen LogP contribution >= 0.6 is 43.2 Å². The fourth-order valence-corrected chi connectivity index (χ4v) is 3.56. The van der Waals surface area contributed by atoms with E-state index in [1.54, 1.807) is 6.21 Å². The van der Waals surface area contributed by atoms with Gasteiger partial charge in [-0.1, -0.05) is 44.0 Å². The number of thiazole rings is 1. The third kappa shape index (κ3) is 5.39. The number of nitrogens with zero attached hydrogens (tertiary/aromatic N) is 2. The van der Waals surface area contributed by atoms with Gasteiger partial charge in [0.1, 0.15) is 12.4 Å². The molecule has 1 N–H and O–H groups in total. The Hall–Kier alpha value is -1.70. The molecule has 0 saturated carbocycles. The van der Waals surface area contributed by atoms with Crippen LogP contribution in [0.1, 0.15) is 16.8 Å². The summed E-state index contributed by atoms with van der Waals surface area (Å²) in [6, 6.07) is 13.9. The fraction of sp³-hybridized carbons (Fsp3) is 0.111. The van der Waals surface area contributed by atoms with E-state index in [9.17, 15) is 0 Å². The van der Waals surface area contributed by atoms with Crippen LogP contribution in [0.15, 0.2) is 61.9 Å². The Kier molecular flexibility index (Phi) is 6.23. The number of aromatic nitrogens is 1. The maximum Gasteiger partial charge on any atom is 0.203 e. The monoisotopic (exact) mass is 479 g/mol. The average Bonchev–Trinajstić information content (AvgIpc) is 2.99. The molecule has 0 saturated heterocycles. The molecule has 0 amide bonds. The molecule has 0 unspecified atom stereocenters. The molecule has 25 heavy (non-hydrogen) atoms. The first-order chi connectivity index (χ1) is 12.1. The van der Waals surface area contributed by atoms with Gasteiger partial charge in [-0.2, -0.15) is 5.10 Å². The van der Waals surface area contributed by atoms with Gasteiger partial charge in [-0.05, 0) is 42.8 Å². The van der Waals surface area contributed by atoms with Crippen molar-refractivity contribution < 1.29 is 4.74 Å². The van der Waals surface area contributed by atoms with Crippen molar-refractivity contribution in [2.75, 3.05) is 5.43 Å². The van der Waals surface area contributed by atoms with Crippen LogP contribution in [0.25, 0.3) is 0 Å². The lowest BCUT2D eigenvalue weighted by atomic mass is 10.2. The molecule has 0 bridgehead atoms. The first-order valence-corrected chi connectivity index (χ1v) is 9.95. The maximum absolute atomic E-state index is 5.97. The van der Waals surface area contributed by atoms with Crippen molar-refractivity contribution in [3.8, 4) is 5.75 Å². The summed E-state index contributed by atoms with van der Waals surface area (Å²) in [4.78, 5) is 4.31. The molecule has 2 aromatic carbocycles. The summed E-state index contributed by atoms with van der Waals surface area (Å²) >= 11 is 8.48. The molecular weight excluding hydrogens is 466 g/mol. The van der Waals surface area contributed by atoms with Crippen LogP contribution in [0.2, 0.25) is 0 Å². The Balaban J connectivity index is 1.71. The third-order valence-corrected chi connectivity index (χ3v) is 5.09. The molecule has 0 aliphatic carbocycles. The summed E-state index contributed by atoms with van der Waals surface area (Å²) < 4.78 is 7.97. The van der Waals surface area contributed by atoms with E-state index in [0.717, 1.165) is 36.6 Å². The van der Waals surface area contributed by atoms with Crippen molar-refractivity contribution in [1.29, 1.82) is 0 Å². The quantitative estimate of drug-likeness (QED) is 0.347. The van der Waals surface area contributed by atoms with Gasteiger partial charge in [0.15, 0.2) is 0 Å². The normalized spacial score (nSPS) is 11.0. The van der Waals surface area contributed by atoms with Gasteiger partial charge in [0, 0.05) is 19.9 Å². The van der Waals surface area contributed by atoms with E-state index in [1.165, 1.54) is 11.3 Å². The number of hydrogen-bond donors (Lipinski definition) is 1. The number of rotatable bonds is 6. The molecule has 3 rings (SSSR count). The van der Waals surface area contributed by atoms with Crippen molar-refractivity contribution in [1.82, 2.24) is 4.98 Å². The molecular formula is C18H15Br2N3OS. The number of hydrazone groups is 1. The Bertz CT molecular complexity index is 896. The summed E-state index contributed by atoms with van der Waals surface area (Å²) in [6.45, 7) is 2.44. The molecule has 1 aromatic heterocycles. The highest BCUT2D eigenvalue weighted by atomic mass is 79.9. The number of hydrogen-bond acceptors (Lipinski definition) is 5. The smallest absolute Gasteiger partial charge is 0.203 e. The molecule has 128 valence electrons. The lowest BCUT2D eigenvalue weighted by molar-refractivity contribution is 0.305. The Morgan fingerprint density at radius 3 is 2.80 bits per heavy atom. The van der Waals surface area contributed by atoms with E-state index in [1.807, 2.05) is 54.8 Å². The second-order valence-electron chi connectivity index (χ2n) is 5.26. The summed E-state index contributed by atoms with van der Waals surface area (Å²) in [5.74, 6) is 0.768. The van der Waals surface area contributed by atoms with Gasteiger partial charge in [0.25, 0.3) is 0 Å². The Morgan fingerprint density at radius 1 is 1.20 bits per heavy atom. The van der Waals surface area contributed by atoms with Crippen LogP contribution in [0.3, 0.4) is 0 Å². The second kappa shape index (κ2) is 8.60. The predicted molar refractivity (Wildman–Crippen MR) is 111 cm³/mol. The lowest BCUT2D eigenvalue weighted by Crippen LogP contribution is -1.99. The standard InChI is InChI=1S/C18H15Br2N3OS/c1-12-11-25-18(22-12)23-21-9-14-8-16(20)5-6-17(14)24-10-13-3-2-4-15(19)7-13/h2-9,11H,10H2,1H3,(H,22,23). The predicted octanol–water partition coefficient (Wildman–Crippen LogP) is 6.00. The van der Waals surface area contributed by atoms with Gasteiger partial charge >= 0.3 is 0 Å².